The third kappa shape index (κ3) is 1.78. The molecule has 2 saturated carbocycles. The van der Waals surface area contributed by atoms with Crippen molar-refractivity contribution in [1.29, 1.82) is 0 Å². The van der Waals surface area contributed by atoms with Crippen molar-refractivity contribution in [2.24, 2.45) is 17.6 Å². The van der Waals surface area contributed by atoms with Gasteiger partial charge >= 0.3 is 0 Å². The number of nitrogens with two attached hydrogens (primary N) is 1. The van der Waals surface area contributed by atoms with Crippen molar-refractivity contribution in [3.63, 3.8) is 0 Å². The zero-order valence-electron chi connectivity index (χ0n) is 9.95. The highest BCUT2D eigenvalue weighted by molar-refractivity contribution is 5.06. The summed E-state index contributed by atoms with van der Waals surface area (Å²) in [5.41, 5.74) is 10.0. The van der Waals surface area contributed by atoms with Crippen molar-refractivity contribution < 1.29 is 4.74 Å². The fourth-order valence-corrected chi connectivity index (χ4v) is 3.87. The number of fused-ring (bicyclic) bond motifs is 2. The van der Waals surface area contributed by atoms with Crippen molar-refractivity contribution in [2.75, 3.05) is 32.8 Å². The summed E-state index contributed by atoms with van der Waals surface area (Å²) in [5, 5.41) is 2.33. The number of hydrogen-bond donors (Lipinski definition) is 2. The lowest BCUT2D eigenvalue weighted by molar-refractivity contribution is -0.0223. The van der Waals surface area contributed by atoms with Crippen LogP contribution in [0.2, 0.25) is 0 Å². The monoisotopic (exact) mass is 225 g/mol. The van der Waals surface area contributed by atoms with Gasteiger partial charge in [0.25, 0.3) is 0 Å². The summed E-state index contributed by atoms with van der Waals surface area (Å²) < 4.78 is 5.38. The van der Waals surface area contributed by atoms with Crippen molar-refractivity contribution in [1.82, 2.24) is 10.4 Å². The molecule has 3 unspecified atom stereocenters. The molecule has 3 N–H and O–H groups in total. The zero-order valence-corrected chi connectivity index (χ0v) is 9.95. The SMILES string of the molecule is NCC1(NN2CCOCC2)CC2CCC1C2. The van der Waals surface area contributed by atoms with Crippen LogP contribution in [0, 0.1) is 11.8 Å². The first-order valence-corrected chi connectivity index (χ1v) is 6.63. The molecule has 1 saturated heterocycles. The van der Waals surface area contributed by atoms with Crippen LogP contribution in [-0.4, -0.2) is 43.4 Å². The van der Waals surface area contributed by atoms with E-state index in [4.69, 9.17) is 10.5 Å². The van der Waals surface area contributed by atoms with E-state index in [9.17, 15) is 0 Å². The van der Waals surface area contributed by atoms with E-state index >= 15 is 0 Å². The molecule has 0 radical (unpaired) electrons. The molecule has 3 fully saturated rings. The van der Waals surface area contributed by atoms with Crippen molar-refractivity contribution in [3.05, 3.63) is 0 Å². The van der Waals surface area contributed by atoms with Crippen LogP contribution in [0.3, 0.4) is 0 Å². The summed E-state index contributed by atoms with van der Waals surface area (Å²) in [4.78, 5) is 0. The Balaban J connectivity index is 1.66. The second-order valence-corrected chi connectivity index (χ2v) is 5.65. The number of nitrogens with one attached hydrogen (secondary N) is 1. The summed E-state index contributed by atoms with van der Waals surface area (Å²) in [6.45, 7) is 4.48. The average Bonchev–Trinajstić information content (AvgIpc) is 2.91. The maximum absolute atomic E-state index is 6.05. The molecule has 0 amide bonds. The molecule has 0 aromatic carbocycles. The highest BCUT2D eigenvalue weighted by Crippen LogP contribution is 2.50. The molecule has 0 aromatic heterocycles. The number of hydrazine groups is 1. The quantitative estimate of drug-likeness (QED) is 0.727. The Bertz CT molecular complexity index is 255. The molecule has 16 heavy (non-hydrogen) atoms. The van der Waals surface area contributed by atoms with Gasteiger partial charge in [0.2, 0.25) is 0 Å². The highest BCUT2D eigenvalue weighted by Gasteiger charge is 2.50. The maximum atomic E-state index is 6.05. The van der Waals surface area contributed by atoms with E-state index in [2.05, 4.69) is 10.4 Å². The van der Waals surface area contributed by atoms with Gasteiger partial charge in [0.1, 0.15) is 0 Å². The molecule has 1 aliphatic heterocycles. The van der Waals surface area contributed by atoms with E-state index in [0.717, 1.165) is 44.7 Å². The Kier molecular flexibility index (Phi) is 2.92. The number of rotatable bonds is 3. The van der Waals surface area contributed by atoms with E-state index in [1.54, 1.807) is 0 Å². The van der Waals surface area contributed by atoms with Gasteiger partial charge in [-0.25, -0.2) is 10.4 Å². The third-order valence-electron chi connectivity index (χ3n) is 4.73. The molecule has 0 aromatic rings. The normalized spacial score (nSPS) is 44.1. The Morgan fingerprint density at radius 2 is 2.12 bits per heavy atom. The standard InChI is InChI=1S/C12H23N3O/c13-9-12(8-10-1-2-11(12)7-10)14-15-3-5-16-6-4-15/h10-11,14H,1-9,13H2. The Morgan fingerprint density at radius 3 is 2.69 bits per heavy atom. The van der Waals surface area contributed by atoms with Gasteiger partial charge in [-0.05, 0) is 31.1 Å². The minimum Gasteiger partial charge on any atom is -0.379 e. The summed E-state index contributed by atoms with van der Waals surface area (Å²) in [6, 6.07) is 0. The predicted molar refractivity (Wildman–Crippen MR) is 62.8 cm³/mol. The van der Waals surface area contributed by atoms with Crippen molar-refractivity contribution >= 4 is 0 Å². The second kappa shape index (κ2) is 4.26. The number of ether oxygens (including phenoxy) is 1. The van der Waals surface area contributed by atoms with Gasteiger partial charge in [0, 0.05) is 25.2 Å². The molecule has 1 heterocycles. The smallest absolute Gasteiger partial charge is 0.0608 e. The molecule has 3 aliphatic rings. The first kappa shape index (κ1) is 11.0. The number of hydrogen-bond acceptors (Lipinski definition) is 4. The topological polar surface area (TPSA) is 50.5 Å². The summed E-state index contributed by atoms with van der Waals surface area (Å²) in [7, 11) is 0. The molecule has 4 nitrogen and oxygen atoms in total. The zero-order chi connectivity index (χ0) is 11.0. The molecular formula is C12H23N3O. The molecule has 2 bridgehead atoms. The van der Waals surface area contributed by atoms with E-state index in [0.29, 0.717) is 0 Å². The van der Waals surface area contributed by atoms with Gasteiger partial charge in [-0.15, -0.1) is 0 Å². The van der Waals surface area contributed by atoms with Gasteiger partial charge in [-0.2, -0.15) is 0 Å². The van der Waals surface area contributed by atoms with Crippen LogP contribution >= 0.6 is 0 Å². The van der Waals surface area contributed by atoms with Crippen LogP contribution in [0.25, 0.3) is 0 Å². The van der Waals surface area contributed by atoms with Gasteiger partial charge < -0.3 is 10.5 Å². The number of morpholine rings is 1. The lowest BCUT2D eigenvalue weighted by Crippen LogP contribution is -2.62. The van der Waals surface area contributed by atoms with E-state index in [-0.39, 0.29) is 5.54 Å². The van der Waals surface area contributed by atoms with Crippen molar-refractivity contribution in [3.8, 4) is 0 Å². The van der Waals surface area contributed by atoms with Gasteiger partial charge in [0.15, 0.2) is 0 Å². The minimum atomic E-state index is 0.209. The molecular weight excluding hydrogens is 202 g/mol. The third-order valence-corrected chi connectivity index (χ3v) is 4.73. The number of nitrogens with zero attached hydrogens (tertiary/aromatic N) is 1. The molecule has 3 atom stereocenters. The van der Waals surface area contributed by atoms with Gasteiger partial charge in [0.05, 0.1) is 13.2 Å². The van der Waals surface area contributed by atoms with Gasteiger partial charge in [-0.1, -0.05) is 6.42 Å². The lowest BCUT2D eigenvalue weighted by atomic mass is 9.81. The summed E-state index contributed by atoms with van der Waals surface area (Å²) in [5.74, 6) is 1.74. The van der Waals surface area contributed by atoms with E-state index in [1.165, 1.54) is 25.7 Å². The lowest BCUT2D eigenvalue weighted by Gasteiger charge is -2.43. The fourth-order valence-electron chi connectivity index (χ4n) is 3.87. The first-order chi connectivity index (χ1) is 7.82. The van der Waals surface area contributed by atoms with Crippen LogP contribution < -0.4 is 11.2 Å². The molecule has 3 rings (SSSR count). The van der Waals surface area contributed by atoms with E-state index < -0.39 is 0 Å². The van der Waals surface area contributed by atoms with Crippen LogP contribution in [-0.2, 0) is 4.74 Å². The van der Waals surface area contributed by atoms with Gasteiger partial charge in [-0.3, -0.25) is 0 Å². The molecule has 2 aliphatic carbocycles. The minimum absolute atomic E-state index is 0.209. The van der Waals surface area contributed by atoms with Crippen LogP contribution in [0.1, 0.15) is 25.7 Å². The van der Waals surface area contributed by atoms with Crippen LogP contribution in [0.4, 0.5) is 0 Å². The van der Waals surface area contributed by atoms with Crippen LogP contribution in [0.5, 0.6) is 0 Å². The molecule has 4 heteroatoms. The average molecular weight is 225 g/mol. The Hall–Kier alpha value is -0.160. The van der Waals surface area contributed by atoms with E-state index in [1.807, 2.05) is 0 Å². The largest absolute Gasteiger partial charge is 0.379 e. The summed E-state index contributed by atoms with van der Waals surface area (Å²) in [6.07, 6.45) is 5.48. The summed E-state index contributed by atoms with van der Waals surface area (Å²) >= 11 is 0. The predicted octanol–water partition coefficient (Wildman–Crippen LogP) is 0.341. The highest BCUT2D eigenvalue weighted by atomic mass is 16.5. The van der Waals surface area contributed by atoms with Crippen LogP contribution in [0.15, 0.2) is 0 Å². The second-order valence-electron chi connectivity index (χ2n) is 5.65. The molecule has 0 spiro atoms. The molecule has 92 valence electrons. The fraction of sp³-hybridized carbons (Fsp3) is 1.00. The Morgan fingerprint density at radius 1 is 1.31 bits per heavy atom. The Labute approximate surface area is 97.5 Å². The maximum Gasteiger partial charge on any atom is 0.0608 e. The van der Waals surface area contributed by atoms with Crippen molar-refractivity contribution in [2.45, 2.75) is 31.2 Å². The first-order valence-electron chi connectivity index (χ1n) is 6.63.